The third-order valence-corrected chi connectivity index (χ3v) is 2.20. The van der Waals surface area contributed by atoms with Crippen LogP contribution in [0.5, 0.6) is 0 Å². The molecule has 0 N–H and O–H groups in total. The van der Waals surface area contributed by atoms with E-state index in [1.165, 1.54) is 0 Å². The van der Waals surface area contributed by atoms with Crippen molar-refractivity contribution in [2.45, 2.75) is 20.8 Å². The van der Waals surface area contributed by atoms with Gasteiger partial charge in [-0.15, -0.1) is 0 Å². The summed E-state index contributed by atoms with van der Waals surface area (Å²) in [5, 5.41) is 0. The summed E-state index contributed by atoms with van der Waals surface area (Å²) in [5.74, 6) is 0.731. The fraction of sp³-hybridized carbons (Fsp3) is 0.500. The third-order valence-electron chi connectivity index (χ3n) is 2.20. The van der Waals surface area contributed by atoms with Gasteiger partial charge in [0.1, 0.15) is 5.76 Å². The molecule has 0 aromatic carbocycles. The van der Waals surface area contributed by atoms with Crippen molar-refractivity contribution in [2.75, 3.05) is 7.11 Å². The zero-order valence-electron chi connectivity index (χ0n) is 7.97. The maximum atomic E-state index is 10.8. The van der Waals surface area contributed by atoms with Gasteiger partial charge in [-0.1, -0.05) is 19.9 Å². The number of ether oxygens (including phenoxy) is 1. The van der Waals surface area contributed by atoms with Gasteiger partial charge in [0.05, 0.1) is 7.11 Å². The molecule has 0 spiro atoms. The van der Waals surface area contributed by atoms with Crippen LogP contribution in [0.4, 0.5) is 0 Å². The second kappa shape index (κ2) is 2.77. The first-order chi connectivity index (χ1) is 5.53. The average molecular weight is 166 g/mol. The third kappa shape index (κ3) is 1.17. The van der Waals surface area contributed by atoms with Crippen molar-refractivity contribution < 1.29 is 9.53 Å². The molecular formula is C10H14O2. The van der Waals surface area contributed by atoms with Gasteiger partial charge in [-0.3, -0.25) is 4.79 Å². The summed E-state index contributed by atoms with van der Waals surface area (Å²) in [6.07, 6.45) is 2.93. The average Bonchev–Trinajstić information content (AvgIpc) is 2.18. The number of allylic oxidation sites excluding steroid dienone is 3. The summed E-state index contributed by atoms with van der Waals surface area (Å²) in [6, 6.07) is 0. The summed E-state index contributed by atoms with van der Waals surface area (Å²) < 4.78 is 5.14. The Morgan fingerprint density at radius 2 is 2.08 bits per heavy atom. The summed E-state index contributed by atoms with van der Waals surface area (Å²) >= 11 is 0. The highest BCUT2D eigenvalue weighted by Crippen LogP contribution is 2.39. The van der Waals surface area contributed by atoms with E-state index < -0.39 is 0 Å². The Balaban J connectivity index is 3.20. The molecule has 12 heavy (non-hydrogen) atoms. The van der Waals surface area contributed by atoms with E-state index in [1.54, 1.807) is 7.11 Å². The number of aldehydes is 1. The van der Waals surface area contributed by atoms with E-state index in [9.17, 15) is 4.79 Å². The van der Waals surface area contributed by atoms with Crippen molar-refractivity contribution in [1.82, 2.24) is 0 Å². The maximum Gasteiger partial charge on any atom is 0.150 e. The van der Waals surface area contributed by atoms with E-state index >= 15 is 0 Å². The highest BCUT2D eigenvalue weighted by atomic mass is 16.5. The first-order valence-electron chi connectivity index (χ1n) is 3.96. The van der Waals surface area contributed by atoms with Gasteiger partial charge in [0.2, 0.25) is 0 Å². The van der Waals surface area contributed by atoms with Gasteiger partial charge < -0.3 is 4.74 Å². The summed E-state index contributed by atoms with van der Waals surface area (Å²) in [5.41, 5.74) is 1.61. The SMILES string of the molecule is COC1=C(C=O)C(C)(C)C=C1C. The maximum absolute atomic E-state index is 10.8. The van der Waals surface area contributed by atoms with E-state index in [2.05, 4.69) is 6.08 Å². The van der Waals surface area contributed by atoms with Crippen molar-refractivity contribution in [2.24, 2.45) is 5.41 Å². The van der Waals surface area contributed by atoms with Crippen molar-refractivity contribution in [3.05, 3.63) is 23.0 Å². The van der Waals surface area contributed by atoms with Crippen LogP contribution in [0, 0.1) is 5.41 Å². The summed E-state index contributed by atoms with van der Waals surface area (Å²) in [7, 11) is 1.59. The van der Waals surface area contributed by atoms with Gasteiger partial charge in [0, 0.05) is 11.0 Å². The van der Waals surface area contributed by atoms with E-state index in [-0.39, 0.29) is 5.41 Å². The molecule has 0 unspecified atom stereocenters. The minimum atomic E-state index is -0.169. The standard InChI is InChI=1S/C10H14O2/c1-7-5-10(2,3)8(6-11)9(7)12-4/h5-6H,1-4H3. The van der Waals surface area contributed by atoms with Gasteiger partial charge in [0.15, 0.2) is 6.29 Å². The molecule has 0 saturated heterocycles. The number of rotatable bonds is 2. The molecule has 0 heterocycles. The zero-order valence-corrected chi connectivity index (χ0v) is 7.97. The Bertz CT molecular complexity index is 270. The molecule has 66 valence electrons. The molecule has 1 rings (SSSR count). The molecule has 0 aliphatic heterocycles. The predicted molar refractivity (Wildman–Crippen MR) is 47.6 cm³/mol. The van der Waals surface area contributed by atoms with Crippen LogP contribution in [0.2, 0.25) is 0 Å². The quantitative estimate of drug-likeness (QED) is 0.587. The van der Waals surface area contributed by atoms with Crippen molar-refractivity contribution in [3.8, 4) is 0 Å². The first-order valence-corrected chi connectivity index (χ1v) is 3.96. The summed E-state index contributed by atoms with van der Waals surface area (Å²) in [4.78, 5) is 10.8. The van der Waals surface area contributed by atoms with Crippen LogP contribution in [0.1, 0.15) is 20.8 Å². The highest BCUT2D eigenvalue weighted by Gasteiger charge is 2.31. The van der Waals surface area contributed by atoms with Crippen LogP contribution in [-0.4, -0.2) is 13.4 Å². The molecule has 2 nitrogen and oxygen atoms in total. The van der Waals surface area contributed by atoms with Crippen LogP contribution in [0.15, 0.2) is 23.0 Å². The molecule has 0 aromatic heterocycles. The van der Waals surface area contributed by atoms with Gasteiger partial charge in [-0.2, -0.15) is 0 Å². The Morgan fingerprint density at radius 1 is 1.50 bits per heavy atom. The smallest absolute Gasteiger partial charge is 0.150 e. The molecule has 0 aromatic rings. The van der Waals surface area contributed by atoms with E-state index in [0.717, 1.165) is 23.2 Å². The number of carbonyl (C=O) groups excluding carboxylic acids is 1. The molecule has 0 saturated carbocycles. The molecule has 1 aliphatic rings. The molecule has 0 bridgehead atoms. The van der Waals surface area contributed by atoms with Crippen LogP contribution in [0.3, 0.4) is 0 Å². The van der Waals surface area contributed by atoms with Gasteiger partial charge in [-0.05, 0) is 12.5 Å². The monoisotopic (exact) mass is 166 g/mol. The normalized spacial score (nSPS) is 20.8. The fourth-order valence-electron chi connectivity index (χ4n) is 1.67. The Kier molecular flexibility index (Phi) is 2.09. The second-order valence-corrected chi connectivity index (χ2v) is 3.61. The minimum absolute atomic E-state index is 0.169. The van der Waals surface area contributed by atoms with E-state index in [0.29, 0.717) is 0 Å². The van der Waals surface area contributed by atoms with Crippen LogP contribution >= 0.6 is 0 Å². The lowest BCUT2D eigenvalue weighted by atomic mass is 9.88. The number of methoxy groups -OCH3 is 1. The zero-order chi connectivity index (χ0) is 9.35. The molecule has 0 fully saturated rings. The summed E-state index contributed by atoms with van der Waals surface area (Å²) in [6.45, 7) is 5.97. The van der Waals surface area contributed by atoms with E-state index in [1.807, 2.05) is 20.8 Å². The molecule has 0 radical (unpaired) electrons. The second-order valence-electron chi connectivity index (χ2n) is 3.61. The highest BCUT2D eigenvalue weighted by molar-refractivity contribution is 5.80. The number of carbonyl (C=O) groups is 1. The van der Waals surface area contributed by atoms with Crippen LogP contribution in [0.25, 0.3) is 0 Å². The van der Waals surface area contributed by atoms with Gasteiger partial charge in [-0.25, -0.2) is 0 Å². The Hall–Kier alpha value is -1.05. The lowest BCUT2D eigenvalue weighted by Gasteiger charge is -2.15. The number of hydrogen-bond acceptors (Lipinski definition) is 2. The van der Waals surface area contributed by atoms with Gasteiger partial charge >= 0.3 is 0 Å². The predicted octanol–water partition coefficient (Wildman–Crippen LogP) is 2.07. The Labute approximate surface area is 72.9 Å². The Morgan fingerprint density at radius 3 is 2.42 bits per heavy atom. The molecule has 2 heteroatoms. The van der Waals surface area contributed by atoms with Gasteiger partial charge in [0.25, 0.3) is 0 Å². The topological polar surface area (TPSA) is 26.3 Å². The van der Waals surface area contributed by atoms with Crippen molar-refractivity contribution in [3.63, 3.8) is 0 Å². The lowest BCUT2D eigenvalue weighted by molar-refractivity contribution is -0.105. The molecule has 1 aliphatic carbocycles. The first kappa shape index (κ1) is 9.04. The lowest BCUT2D eigenvalue weighted by Crippen LogP contribution is -2.10. The van der Waals surface area contributed by atoms with Crippen molar-refractivity contribution >= 4 is 6.29 Å². The fourth-order valence-corrected chi connectivity index (χ4v) is 1.67. The molecular weight excluding hydrogens is 152 g/mol. The largest absolute Gasteiger partial charge is 0.496 e. The number of hydrogen-bond donors (Lipinski definition) is 0. The minimum Gasteiger partial charge on any atom is -0.496 e. The molecule has 0 atom stereocenters. The van der Waals surface area contributed by atoms with Crippen molar-refractivity contribution in [1.29, 1.82) is 0 Å². The van der Waals surface area contributed by atoms with Crippen LogP contribution < -0.4 is 0 Å². The molecule has 0 amide bonds. The van der Waals surface area contributed by atoms with E-state index in [4.69, 9.17) is 4.74 Å². The van der Waals surface area contributed by atoms with Crippen LogP contribution in [-0.2, 0) is 9.53 Å².